The predicted molar refractivity (Wildman–Crippen MR) is 127 cm³/mol. The van der Waals surface area contributed by atoms with Gasteiger partial charge in [-0.1, -0.05) is 12.1 Å². The molecule has 3 heterocycles. The minimum atomic E-state index is -1.82. The van der Waals surface area contributed by atoms with E-state index in [0.29, 0.717) is 18.0 Å². The van der Waals surface area contributed by atoms with Gasteiger partial charge in [-0.15, -0.1) is 0 Å². The van der Waals surface area contributed by atoms with Crippen LogP contribution in [0, 0.1) is 6.92 Å². The van der Waals surface area contributed by atoms with Crippen molar-refractivity contribution in [3.63, 3.8) is 0 Å². The highest BCUT2D eigenvalue weighted by Gasteiger charge is 2.20. The largest absolute Gasteiger partial charge is 0.473 e. The van der Waals surface area contributed by atoms with E-state index < -0.39 is 11.9 Å². The van der Waals surface area contributed by atoms with E-state index in [1.165, 1.54) is 10.8 Å². The summed E-state index contributed by atoms with van der Waals surface area (Å²) >= 11 is 0. The molecule has 4 rings (SSSR count). The summed E-state index contributed by atoms with van der Waals surface area (Å²) < 4.78 is 6.78. The van der Waals surface area contributed by atoms with Crippen molar-refractivity contribution in [2.24, 2.45) is 0 Å². The van der Waals surface area contributed by atoms with Crippen LogP contribution in [0.4, 0.5) is 5.69 Å². The van der Waals surface area contributed by atoms with Crippen LogP contribution in [0.3, 0.4) is 0 Å². The summed E-state index contributed by atoms with van der Waals surface area (Å²) in [6, 6.07) is 8.16. The Balaban J connectivity index is 0.000000509. The monoisotopic (exact) mass is 485 g/mol. The number of carboxylic acid groups (broad SMARTS) is 2. The molecule has 35 heavy (non-hydrogen) atoms. The molecule has 0 amide bonds. The van der Waals surface area contributed by atoms with Crippen molar-refractivity contribution in [2.75, 3.05) is 37.6 Å². The summed E-state index contributed by atoms with van der Waals surface area (Å²) in [7, 11) is 0. The number of rotatable bonds is 6. The zero-order valence-electron chi connectivity index (χ0n) is 19.2. The van der Waals surface area contributed by atoms with Gasteiger partial charge < -0.3 is 24.5 Å². The number of benzene rings is 1. The zero-order valence-corrected chi connectivity index (χ0v) is 19.2. The van der Waals surface area contributed by atoms with Gasteiger partial charge in [-0.3, -0.25) is 14.3 Å². The molecule has 0 saturated carbocycles. The third kappa shape index (κ3) is 6.67. The van der Waals surface area contributed by atoms with E-state index in [2.05, 4.69) is 25.8 Å². The fraction of sp³-hybridized carbons (Fsp3) is 0.348. The number of piperazine rings is 1. The number of H-pyrrole nitrogens is 1. The molecule has 0 atom stereocenters. The SMILES string of the molecule is Cc1c[nH]c(=O)n(CCCN2CCN(c3ccccc3-c3ncco3)CC2)c1=O.O=C(O)C(=O)O. The van der Waals surface area contributed by atoms with Crippen LogP contribution < -0.4 is 16.1 Å². The van der Waals surface area contributed by atoms with Crippen molar-refractivity contribution in [3.8, 4) is 11.5 Å². The van der Waals surface area contributed by atoms with Crippen LogP contribution in [0.25, 0.3) is 11.5 Å². The molecule has 186 valence electrons. The number of anilines is 1. The maximum absolute atomic E-state index is 12.1. The zero-order chi connectivity index (χ0) is 25.4. The van der Waals surface area contributed by atoms with Crippen LogP contribution in [0.2, 0.25) is 0 Å². The van der Waals surface area contributed by atoms with E-state index in [4.69, 9.17) is 24.2 Å². The molecule has 0 spiro atoms. The summed E-state index contributed by atoms with van der Waals surface area (Å²) in [5, 5.41) is 14.8. The van der Waals surface area contributed by atoms with Crippen LogP contribution in [0.1, 0.15) is 12.0 Å². The Bertz CT molecular complexity index is 1250. The van der Waals surface area contributed by atoms with Crippen molar-refractivity contribution in [1.82, 2.24) is 19.4 Å². The van der Waals surface area contributed by atoms with E-state index in [1.807, 2.05) is 18.2 Å². The summed E-state index contributed by atoms with van der Waals surface area (Å²) in [5.74, 6) is -3.01. The molecule has 2 aromatic heterocycles. The average Bonchev–Trinajstić information content (AvgIpc) is 3.39. The molecular formula is C23H27N5O7. The molecule has 12 nitrogen and oxygen atoms in total. The van der Waals surface area contributed by atoms with Gasteiger partial charge in [0.25, 0.3) is 5.56 Å². The van der Waals surface area contributed by atoms with Crippen molar-refractivity contribution in [3.05, 3.63) is 69.3 Å². The average molecular weight is 485 g/mol. The maximum Gasteiger partial charge on any atom is 0.414 e. The highest BCUT2D eigenvalue weighted by atomic mass is 16.4. The number of nitrogens with zero attached hydrogens (tertiary/aromatic N) is 4. The summed E-state index contributed by atoms with van der Waals surface area (Å²) in [6.45, 7) is 6.67. The molecule has 12 heteroatoms. The van der Waals surface area contributed by atoms with E-state index in [9.17, 15) is 9.59 Å². The molecule has 3 N–H and O–H groups in total. The minimum Gasteiger partial charge on any atom is -0.473 e. The number of hydrogen-bond donors (Lipinski definition) is 3. The van der Waals surface area contributed by atoms with Crippen molar-refractivity contribution in [2.45, 2.75) is 19.9 Å². The predicted octanol–water partition coefficient (Wildman–Crippen LogP) is 0.868. The molecule has 1 aromatic carbocycles. The van der Waals surface area contributed by atoms with Gasteiger partial charge in [0, 0.05) is 50.2 Å². The van der Waals surface area contributed by atoms with Gasteiger partial charge in [0.15, 0.2) is 0 Å². The molecule has 3 aromatic rings. The molecule has 0 aliphatic carbocycles. The van der Waals surface area contributed by atoms with Crippen LogP contribution in [-0.2, 0) is 16.1 Å². The first-order valence-corrected chi connectivity index (χ1v) is 11.0. The molecule has 1 fully saturated rings. The van der Waals surface area contributed by atoms with Crippen molar-refractivity contribution >= 4 is 17.6 Å². The van der Waals surface area contributed by atoms with Gasteiger partial charge in [0.2, 0.25) is 5.89 Å². The number of aryl methyl sites for hydroxylation is 1. The summed E-state index contributed by atoms with van der Waals surface area (Å²) in [5.41, 5.74) is 2.15. The quantitative estimate of drug-likeness (QED) is 0.427. The van der Waals surface area contributed by atoms with Crippen LogP contribution in [0.15, 0.2) is 56.9 Å². The Morgan fingerprint density at radius 3 is 2.37 bits per heavy atom. The Morgan fingerprint density at radius 2 is 1.74 bits per heavy atom. The topological polar surface area (TPSA) is 162 Å². The Labute approximate surface area is 200 Å². The Kier molecular flexibility index (Phi) is 8.57. The number of aliphatic carboxylic acids is 2. The number of para-hydroxylation sites is 1. The van der Waals surface area contributed by atoms with Crippen LogP contribution in [-0.4, -0.2) is 74.3 Å². The number of aromatic amines is 1. The lowest BCUT2D eigenvalue weighted by Gasteiger charge is -2.36. The molecule has 0 unspecified atom stereocenters. The van der Waals surface area contributed by atoms with Crippen molar-refractivity contribution in [1.29, 1.82) is 0 Å². The third-order valence-electron chi connectivity index (χ3n) is 5.56. The minimum absolute atomic E-state index is 0.207. The number of hydrogen-bond acceptors (Lipinski definition) is 8. The summed E-state index contributed by atoms with van der Waals surface area (Å²) in [4.78, 5) is 53.8. The first-order chi connectivity index (χ1) is 16.8. The van der Waals surface area contributed by atoms with E-state index in [-0.39, 0.29) is 11.2 Å². The lowest BCUT2D eigenvalue weighted by atomic mass is 10.1. The van der Waals surface area contributed by atoms with Crippen molar-refractivity contribution < 1.29 is 24.2 Å². The molecule has 0 radical (unpaired) electrons. The number of carbonyl (C=O) groups is 2. The maximum atomic E-state index is 12.1. The fourth-order valence-corrected chi connectivity index (χ4v) is 3.77. The van der Waals surface area contributed by atoms with Crippen LogP contribution in [0.5, 0.6) is 0 Å². The van der Waals surface area contributed by atoms with Gasteiger partial charge in [-0.2, -0.15) is 0 Å². The molecular weight excluding hydrogens is 458 g/mol. The lowest BCUT2D eigenvalue weighted by molar-refractivity contribution is -0.159. The number of oxazole rings is 1. The first kappa shape index (κ1) is 25.4. The Hall–Kier alpha value is -4.19. The van der Waals surface area contributed by atoms with E-state index in [1.54, 1.807) is 19.4 Å². The molecule has 0 bridgehead atoms. The standard InChI is InChI=1S/C21H25N5O3.C2H2O4/c1-16-15-23-21(28)26(20(16)27)9-4-8-24-10-12-25(13-11-24)18-6-3-2-5-17(18)19-22-7-14-29-19;3-1(4)2(5)6/h2-3,5-7,14-15H,4,8-13H2,1H3,(H,23,28);(H,3,4)(H,5,6). The number of nitrogens with one attached hydrogen (secondary N) is 1. The first-order valence-electron chi connectivity index (χ1n) is 11.0. The highest BCUT2D eigenvalue weighted by Crippen LogP contribution is 2.30. The normalized spacial score (nSPS) is 13.7. The van der Waals surface area contributed by atoms with Gasteiger partial charge >= 0.3 is 17.6 Å². The van der Waals surface area contributed by atoms with Gasteiger partial charge in [-0.05, 0) is 32.0 Å². The van der Waals surface area contributed by atoms with Gasteiger partial charge in [-0.25, -0.2) is 19.4 Å². The fourth-order valence-electron chi connectivity index (χ4n) is 3.77. The molecule has 1 saturated heterocycles. The number of aromatic nitrogens is 3. The highest BCUT2D eigenvalue weighted by molar-refractivity contribution is 6.27. The lowest BCUT2D eigenvalue weighted by Crippen LogP contribution is -2.47. The second-order valence-electron chi connectivity index (χ2n) is 7.88. The second kappa shape index (κ2) is 11.8. The van der Waals surface area contributed by atoms with E-state index in [0.717, 1.165) is 50.4 Å². The van der Waals surface area contributed by atoms with E-state index >= 15 is 0 Å². The third-order valence-corrected chi connectivity index (χ3v) is 5.56. The summed E-state index contributed by atoms with van der Waals surface area (Å²) in [6.07, 6.45) is 5.49. The molecule has 1 aliphatic heterocycles. The molecule has 1 aliphatic rings. The van der Waals surface area contributed by atoms with Gasteiger partial charge in [0.1, 0.15) is 6.26 Å². The second-order valence-corrected chi connectivity index (χ2v) is 7.88. The smallest absolute Gasteiger partial charge is 0.414 e. The van der Waals surface area contributed by atoms with Gasteiger partial charge in [0.05, 0.1) is 11.8 Å². The Morgan fingerprint density at radius 1 is 1.06 bits per heavy atom. The van der Waals surface area contributed by atoms with Crippen LogP contribution >= 0.6 is 0 Å². The number of carboxylic acids is 2.